The lowest BCUT2D eigenvalue weighted by atomic mass is 10.2. The number of nitrogens with two attached hydrogens (primary N) is 1. The van der Waals surface area contributed by atoms with E-state index in [1.165, 1.54) is 12.8 Å². The van der Waals surface area contributed by atoms with Crippen LogP contribution in [0.4, 0.5) is 0 Å². The molecule has 0 aliphatic heterocycles. The molecule has 0 unspecified atom stereocenters. The van der Waals surface area contributed by atoms with E-state index in [0.29, 0.717) is 0 Å². The molecule has 0 saturated heterocycles. The van der Waals surface area contributed by atoms with Crippen molar-refractivity contribution >= 4 is 0 Å². The highest BCUT2D eigenvalue weighted by atomic mass is 14.6. The highest BCUT2D eigenvalue weighted by Crippen LogP contribution is 2.57. The van der Waals surface area contributed by atoms with Gasteiger partial charge >= 0.3 is 0 Å². The molecule has 0 heterocycles. The highest BCUT2D eigenvalue weighted by Gasteiger charge is 2.50. The van der Waals surface area contributed by atoms with Gasteiger partial charge < -0.3 is 5.73 Å². The SMILES string of the molecule is C[C@@H]1C[C@@H]1[C@@H]1C[C@@H]1CN. The Labute approximate surface area is 56.6 Å². The minimum Gasteiger partial charge on any atom is -0.330 e. The van der Waals surface area contributed by atoms with Crippen molar-refractivity contribution in [3.8, 4) is 0 Å². The van der Waals surface area contributed by atoms with Gasteiger partial charge in [0.25, 0.3) is 0 Å². The van der Waals surface area contributed by atoms with Gasteiger partial charge in [-0.25, -0.2) is 0 Å². The van der Waals surface area contributed by atoms with Crippen LogP contribution in [0.1, 0.15) is 19.8 Å². The minimum atomic E-state index is 0.917. The van der Waals surface area contributed by atoms with Crippen LogP contribution in [0, 0.1) is 23.7 Å². The molecule has 52 valence electrons. The molecule has 0 aromatic rings. The van der Waals surface area contributed by atoms with Gasteiger partial charge in [0.1, 0.15) is 0 Å². The largest absolute Gasteiger partial charge is 0.330 e. The van der Waals surface area contributed by atoms with Crippen LogP contribution in [0.25, 0.3) is 0 Å². The van der Waals surface area contributed by atoms with Crippen LogP contribution in [0.2, 0.25) is 0 Å². The minimum absolute atomic E-state index is 0.917. The van der Waals surface area contributed by atoms with Crippen LogP contribution in [-0.4, -0.2) is 6.54 Å². The van der Waals surface area contributed by atoms with Gasteiger partial charge in [-0.05, 0) is 43.1 Å². The number of rotatable bonds is 2. The van der Waals surface area contributed by atoms with Gasteiger partial charge in [-0.15, -0.1) is 0 Å². The standard InChI is InChI=1S/C8H15N/c1-5-2-7(5)8-3-6(8)4-9/h5-8H,2-4,9H2,1H3/t5-,6-,7+,8-/m1/s1. The summed E-state index contributed by atoms with van der Waals surface area (Å²) < 4.78 is 0. The van der Waals surface area contributed by atoms with E-state index in [0.717, 1.165) is 30.2 Å². The Kier molecular flexibility index (Phi) is 1.10. The predicted molar refractivity (Wildman–Crippen MR) is 37.9 cm³/mol. The maximum absolute atomic E-state index is 5.54. The fourth-order valence-electron chi connectivity index (χ4n) is 2.01. The molecule has 2 N–H and O–H groups in total. The van der Waals surface area contributed by atoms with E-state index in [4.69, 9.17) is 5.73 Å². The lowest BCUT2D eigenvalue weighted by Gasteiger charge is -1.90. The Morgan fingerprint density at radius 1 is 1.33 bits per heavy atom. The number of hydrogen-bond acceptors (Lipinski definition) is 1. The average molecular weight is 125 g/mol. The molecule has 2 saturated carbocycles. The molecule has 2 aliphatic rings. The molecule has 0 radical (unpaired) electrons. The van der Waals surface area contributed by atoms with Gasteiger partial charge in [0.15, 0.2) is 0 Å². The first kappa shape index (κ1) is 5.72. The van der Waals surface area contributed by atoms with E-state index in [-0.39, 0.29) is 0 Å². The van der Waals surface area contributed by atoms with Crippen LogP contribution in [0.5, 0.6) is 0 Å². The normalized spacial score (nSPS) is 55.3. The van der Waals surface area contributed by atoms with Crippen LogP contribution in [0.15, 0.2) is 0 Å². The summed E-state index contributed by atoms with van der Waals surface area (Å²) in [4.78, 5) is 0. The molecule has 0 amide bonds. The topological polar surface area (TPSA) is 26.0 Å². The Hall–Kier alpha value is -0.0400. The first-order chi connectivity index (χ1) is 4.33. The molecule has 4 atom stereocenters. The molecule has 2 rings (SSSR count). The summed E-state index contributed by atoms with van der Waals surface area (Å²) in [7, 11) is 0. The first-order valence-corrected chi connectivity index (χ1v) is 4.03. The zero-order chi connectivity index (χ0) is 6.43. The van der Waals surface area contributed by atoms with Crippen molar-refractivity contribution in [2.24, 2.45) is 29.4 Å². The Morgan fingerprint density at radius 2 is 2.00 bits per heavy atom. The third-order valence-corrected chi connectivity index (χ3v) is 3.00. The summed E-state index contributed by atoms with van der Waals surface area (Å²) in [5.41, 5.74) is 5.54. The summed E-state index contributed by atoms with van der Waals surface area (Å²) in [6.07, 6.45) is 2.92. The average Bonchev–Trinajstić information content (AvgIpc) is 2.61. The van der Waals surface area contributed by atoms with Crippen LogP contribution in [-0.2, 0) is 0 Å². The molecule has 1 nitrogen and oxygen atoms in total. The van der Waals surface area contributed by atoms with E-state index in [2.05, 4.69) is 6.92 Å². The lowest BCUT2D eigenvalue weighted by molar-refractivity contribution is 0.597. The van der Waals surface area contributed by atoms with E-state index in [1.807, 2.05) is 0 Å². The maximum Gasteiger partial charge on any atom is -0.00460 e. The van der Waals surface area contributed by atoms with Gasteiger partial charge in [0.2, 0.25) is 0 Å². The van der Waals surface area contributed by atoms with Crippen molar-refractivity contribution in [2.45, 2.75) is 19.8 Å². The third-order valence-electron chi connectivity index (χ3n) is 3.00. The Bertz CT molecular complexity index is 122. The van der Waals surface area contributed by atoms with Gasteiger partial charge in [0, 0.05) is 0 Å². The van der Waals surface area contributed by atoms with Crippen molar-refractivity contribution in [2.75, 3.05) is 6.54 Å². The fraction of sp³-hybridized carbons (Fsp3) is 1.00. The molecule has 0 spiro atoms. The highest BCUT2D eigenvalue weighted by molar-refractivity contribution is 5.00. The van der Waals surface area contributed by atoms with E-state index < -0.39 is 0 Å². The quantitative estimate of drug-likeness (QED) is 0.590. The first-order valence-electron chi connectivity index (χ1n) is 4.03. The monoisotopic (exact) mass is 125 g/mol. The molecule has 9 heavy (non-hydrogen) atoms. The summed E-state index contributed by atoms with van der Waals surface area (Å²) in [6.45, 7) is 3.30. The molecule has 1 heteroatoms. The second-order valence-corrected chi connectivity index (χ2v) is 3.77. The molecular formula is C8H15N. The zero-order valence-electron chi connectivity index (χ0n) is 6.01. The maximum atomic E-state index is 5.54. The van der Waals surface area contributed by atoms with Gasteiger partial charge in [-0.1, -0.05) is 6.92 Å². The van der Waals surface area contributed by atoms with Crippen LogP contribution < -0.4 is 5.73 Å². The summed E-state index contributed by atoms with van der Waals surface area (Å²) in [5.74, 6) is 4.08. The Morgan fingerprint density at radius 3 is 2.33 bits per heavy atom. The van der Waals surface area contributed by atoms with E-state index >= 15 is 0 Å². The molecule has 0 aromatic carbocycles. The number of hydrogen-bond donors (Lipinski definition) is 1. The fourth-order valence-corrected chi connectivity index (χ4v) is 2.01. The smallest absolute Gasteiger partial charge is 0.00460 e. The zero-order valence-corrected chi connectivity index (χ0v) is 6.01. The summed E-state index contributed by atoms with van der Waals surface area (Å²) in [5, 5.41) is 0. The van der Waals surface area contributed by atoms with Crippen molar-refractivity contribution in [3.63, 3.8) is 0 Å². The van der Waals surface area contributed by atoms with Gasteiger partial charge in [-0.3, -0.25) is 0 Å². The lowest BCUT2D eigenvalue weighted by Crippen LogP contribution is -2.03. The van der Waals surface area contributed by atoms with Crippen molar-refractivity contribution in [1.82, 2.24) is 0 Å². The predicted octanol–water partition coefficient (Wildman–Crippen LogP) is 1.24. The van der Waals surface area contributed by atoms with Crippen molar-refractivity contribution < 1.29 is 0 Å². The molecule has 2 fully saturated rings. The summed E-state index contributed by atoms with van der Waals surface area (Å²) >= 11 is 0. The van der Waals surface area contributed by atoms with Gasteiger partial charge in [-0.2, -0.15) is 0 Å². The second kappa shape index (κ2) is 1.72. The molecule has 0 bridgehead atoms. The van der Waals surface area contributed by atoms with Crippen molar-refractivity contribution in [1.29, 1.82) is 0 Å². The molecule has 2 aliphatic carbocycles. The van der Waals surface area contributed by atoms with E-state index in [9.17, 15) is 0 Å². The van der Waals surface area contributed by atoms with Crippen LogP contribution >= 0.6 is 0 Å². The van der Waals surface area contributed by atoms with E-state index in [1.54, 1.807) is 0 Å². The third kappa shape index (κ3) is 0.877. The second-order valence-electron chi connectivity index (χ2n) is 3.77. The molecular weight excluding hydrogens is 110 g/mol. The summed E-state index contributed by atoms with van der Waals surface area (Å²) in [6, 6.07) is 0. The van der Waals surface area contributed by atoms with Gasteiger partial charge in [0.05, 0.1) is 0 Å². The van der Waals surface area contributed by atoms with Crippen molar-refractivity contribution in [3.05, 3.63) is 0 Å². The Balaban J connectivity index is 1.79. The molecule has 0 aromatic heterocycles. The van der Waals surface area contributed by atoms with Crippen LogP contribution in [0.3, 0.4) is 0 Å².